The van der Waals surface area contributed by atoms with E-state index in [1.807, 2.05) is 0 Å². The van der Waals surface area contributed by atoms with Crippen LogP contribution in [0.1, 0.15) is 82.3 Å². The molecule has 0 atom stereocenters. The molecular formula is C19H34IN. The van der Waals surface area contributed by atoms with Crippen LogP contribution in [0.15, 0.2) is 18.5 Å². The summed E-state index contributed by atoms with van der Waals surface area (Å²) in [4.78, 5) is 0. The van der Waals surface area contributed by atoms with Gasteiger partial charge in [-0.15, -0.1) is 0 Å². The molecule has 1 nitrogen and oxygen atoms in total. The van der Waals surface area contributed by atoms with Gasteiger partial charge in [-0.25, -0.2) is 4.57 Å². The molecule has 0 fully saturated rings. The Hall–Kier alpha value is -0.120. The lowest BCUT2D eigenvalue weighted by atomic mass is 10.1. The van der Waals surface area contributed by atoms with Crippen molar-refractivity contribution in [3.8, 4) is 0 Å². The smallest absolute Gasteiger partial charge is 0.171 e. The first-order valence-corrected chi connectivity index (χ1v) is 8.70. The fourth-order valence-corrected chi connectivity index (χ4v) is 2.65. The van der Waals surface area contributed by atoms with Crippen molar-refractivity contribution >= 4 is 0 Å². The molecule has 0 amide bonds. The summed E-state index contributed by atoms with van der Waals surface area (Å²) in [6, 6.07) is 2.23. The molecule has 0 bridgehead atoms. The molecule has 1 heterocycles. The molecule has 0 aliphatic heterocycles. The van der Waals surface area contributed by atoms with Gasteiger partial charge in [0.15, 0.2) is 12.4 Å². The normalized spacial score (nSPS) is 10.4. The molecule has 21 heavy (non-hydrogen) atoms. The van der Waals surface area contributed by atoms with Crippen molar-refractivity contribution in [1.29, 1.82) is 0 Å². The van der Waals surface area contributed by atoms with E-state index in [4.69, 9.17) is 0 Å². The molecule has 1 aromatic rings. The topological polar surface area (TPSA) is 3.88 Å². The average Bonchev–Trinajstić information content (AvgIpc) is 2.45. The van der Waals surface area contributed by atoms with Crippen LogP contribution in [0.4, 0.5) is 0 Å². The third-order valence-electron chi connectivity index (χ3n) is 4.27. The van der Waals surface area contributed by atoms with Crippen molar-refractivity contribution in [2.75, 3.05) is 0 Å². The molecule has 0 radical (unpaired) electrons. The van der Waals surface area contributed by atoms with Crippen molar-refractivity contribution < 1.29 is 28.5 Å². The predicted molar refractivity (Wildman–Crippen MR) is 88.0 cm³/mol. The highest BCUT2D eigenvalue weighted by atomic mass is 127. The lowest BCUT2D eigenvalue weighted by Gasteiger charge is -2.02. The Kier molecular flexibility index (Phi) is 13.5. The third kappa shape index (κ3) is 10.3. The van der Waals surface area contributed by atoms with Crippen LogP contribution in [0, 0.1) is 13.8 Å². The monoisotopic (exact) mass is 403 g/mol. The van der Waals surface area contributed by atoms with Crippen molar-refractivity contribution in [3.05, 3.63) is 29.6 Å². The van der Waals surface area contributed by atoms with Gasteiger partial charge >= 0.3 is 0 Å². The maximum atomic E-state index is 2.34. The van der Waals surface area contributed by atoms with Crippen LogP contribution in [0.2, 0.25) is 0 Å². The van der Waals surface area contributed by atoms with Gasteiger partial charge < -0.3 is 24.0 Å². The first-order chi connectivity index (χ1) is 9.74. The lowest BCUT2D eigenvalue weighted by Crippen LogP contribution is -3.00. The molecule has 0 aliphatic rings. The second-order valence-electron chi connectivity index (χ2n) is 6.23. The van der Waals surface area contributed by atoms with Crippen LogP contribution in [0.25, 0.3) is 0 Å². The Morgan fingerprint density at radius 2 is 1.29 bits per heavy atom. The molecule has 0 aromatic carbocycles. The van der Waals surface area contributed by atoms with Gasteiger partial charge in [-0.1, -0.05) is 58.3 Å². The summed E-state index contributed by atoms with van der Waals surface area (Å²) in [5, 5.41) is 0. The van der Waals surface area contributed by atoms with E-state index < -0.39 is 0 Å². The van der Waals surface area contributed by atoms with Gasteiger partial charge in [0.25, 0.3) is 0 Å². The Morgan fingerprint density at radius 3 is 1.81 bits per heavy atom. The summed E-state index contributed by atoms with van der Waals surface area (Å²) in [5.41, 5.74) is 2.80. The molecule has 122 valence electrons. The van der Waals surface area contributed by atoms with E-state index in [1.165, 1.54) is 81.9 Å². The molecule has 0 unspecified atom stereocenters. The van der Waals surface area contributed by atoms with Crippen molar-refractivity contribution in [1.82, 2.24) is 0 Å². The van der Waals surface area contributed by atoms with Crippen LogP contribution in [-0.4, -0.2) is 0 Å². The van der Waals surface area contributed by atoms with Crippen molar-refractivity contribution in [2.24, 2.45) is 0 Å². The van der Waals surface area contributed by atoms with Crippen LogP contribution < -0.4 is 28.5 Å². The molecule has 1 aromatic heterocycles. The molecule has 0 aliphatic carbocycles. The number of aromatic nitrogens is 1. The van der Waals surface area contributed by atoms with Crippen LogP contribution in [0.5, 0.6) is 0 Å². The summed E-state index contributed by atoms with van der Waals surface area (Å²) >= 11 is 0. The predicted octanol–water partition coefficient (Wildman–Crippen LogP) is 2.52. The zero-order valence-electron chi connectivity index (χ0n) is 14.3. The van der Waals surface area contributed by atoms with E-state index in [2.05, 4.69) is 43.8 Å². The minimum atomic E-state index is 0. The SMILES string of the molecule is CCCCCCCCCCCC[n+]1ccc(C)c(C)c1.[I-]. The van der Waals surface area contributed by atoms with Gasteiger partial charge in [0, 0.05) is 18.1 Å². The van der Waals surface area contributed by atoms with Gasteiger partial charge in [-0.2, -0.15) is 0 Å². The zero-order valence-corrected chi connectivity index (χ0v) is 16.5. The third-order valence-corrected chi connectivity index (χ3v) is 4.27. The van der Waals surface area contributed by atoms with Gasteiger partial charge in [-0.3, -0.25) is 0 Å². The maximum Gasteiger partial charge on any atom is 0.171 e. The highest BCUT2D eigenvalue weighted by Gasteiger charge is 2.02. The quantitative estimate of drug-likeness (QED) is 0.304. The van der Waals surface area contributed by atoms with E-state index >= 15 is 0 Å². The second kappa shape index (κ2) is 13.5. The standard InChI is InChI=1S/C19H34N.HI/c1-4-5-6-7-8-9-10-11-12-13-15-20-16-14-18(2)19(3)17-20;/h14,16-17H,4-13,15H2,1-3H3;1H/q+1;/p-1. The number of hydrogen-bond acceptors (Lipinski definition) is 0. The first kappa shape index (κ1) is 20.9. The van der Waals surface area contributed by atoms with Gasteiger partial charge in [0.1, 0.15) is 6.54 Å². The number of rotatable bonds is 11. The van der Waals surface area contributed by atoms with E-state index in [-0.39, 0.29) is 24.0 Å². The number of unbranched alkanes of at least 4 members (excludes halogenated alkanes) is 9. The summed E-state index contributed by atoms with van der Waals surface area (Å²) in [6.07, 6.45) is 18.6. The average molecular weight is 403 g/mol. The number of hydrogen-bond donors (Lipinski definition) is 0. The van der Waals surface area contributed by atoms with E-state index in [9.17, 15) is 0 Å². The number of pyridine rings is 1. The highest BCUT2D eigenvalue weighted by Crippen LogP contribution is 2.10. The van der Waals surface area contributed by atoms with E-state index in [1.54, 1.807) is 0 Å². The summed E-state index contributed by atoms with van der Waals surface area (Å²) < 4.78 is 2.34. The Morgan fingerprint density at radius 1 is 0.762 bits per heavy atom. The zero-order chi connectivity index (χ0) is 14.6. The van der Waals surface area contributed by atoms with E-state index in [0.29, 0.717) is 0 Å². The van der Waals surface area contributed by atoms with Crippen LogP contribution in [0.3, 0.4) is 0 Å². The molecule has 2 heteroatoms. The maximum absolute atomic E-state index is 2.34. The molecule has 0 saturated heterocycles. The lowest BCUT2D eigenvalue weighted by molar-refractivity contribution is -0.697. The minimum absolute atomic E-state index is 0. The minimum Gasteiger partial charge on any atom is -1.00 e. The summed E-state index contributed by atoms with van der Waals surface area (Å²) in [5.74, 6) is 0. The Labute approximate surface area is 149 Å². The molecule has 0 spiro atoms. The number of halogens is 1. The molecule has 1 rings (SSSR count). The first-order valence-electron chi connectivity index (χ1n) is 8.70. The van der Waals surface area contributed by atoms with Gasteiger partial charge in [-0.05, 0) is 25.8 Å². The van der Waals surface area contributed by atoms with Gasteiger partial charge in [0.05, 0.1) is 0 Å². The summed E-state index contributed by atoms with van der Waals surface area (Å²) in [6.45, 7) is 7.84. The summed E-state index contributed by atoms with van der Waals surface area (Å²) in [7, 11) is 0. The fraction of sp³-hybridized carbons (Fsp3) is 0.737. The van der Waals surface area contributed by atoms with Gasteiger partial charge in [0.2, 0.25) is 0 Å². The van der Waals surface area contributed by atoms with Crippen LogP contribution in [-0.2, 0) is 6.54 Å². The molecule has 0 saturated carbocycles. The van der Waals surface area contributed by atoms with Crippen LogP contribution >= 0.6 is 0 Å². The Balaban J connectivity index is 0.00000400. The molecular weight excluding hydrogens is 369 g/mol. The fourth-order valence-electron chi connectivity index (χ4n) is 2.65. The highest BCUT2D eigenvalue weighted by molar-refractivity contribution is 5.16. The number of nitrogens with zero attached hydrogens (tertiary/aromatic N) is 1. The molecule has 0 N–H and O–H groups in total. The largest absolute Gasteiger partial charge is 1.00 e. The van der Waals surface area contributed by atoms with E-state index in [0.717, 1.165) is 0 Å². The number of aryl methyl sites for hydroxylation is 3. The van der Waals surface area contributed by atoms with Crippen molar-refractivity contribution in [3.63, 3.8) is 0 Å². The Bertz CT molecular complexity index is 363. The van der Waals surface area contributed by atoms with Crippen molar-refractivity contribution in [2.45, 2.75) is 91.5 Å². The second-order valence-corrected chi connectivity index (χ2v) is 6.23.